The maximum atomic E-state index is 9.29. The Kier molecular flexibility index (Phi) is 23.2. The van der Waals surface area contributed by atoms with Gasteiger partial charge in [0.05, 0.1) is 24.6 Å². The van der Waals surface area contributed by atoms with Gasteiger partial charge in [-0.2, -0.15) is 0 Å². The van der Waals surface area contributed by atoms with E-state index in [-0.39, 0.29) is 19.8 Å². The van der Waals surface area contributed by atoms with Gasteiger partial charge in [-0.1, -0.05) is 84.0 Å². The molecule has 0 amide bonds. The van der Waals surface area contributed by atoms with Crippen LogP contribution < -0.4 is 0 Å². The zero-order chi connectivity index (χ0) is 21.5. The predicted molar refractivity (Wildman–Crippen MR) is 132 cm³/mol. The highest BCUT2D eigenvalue weighted by atomic mass is 31.2. The van der Waals surface area contributed by atoms with Gasteiger partial charge in [-0.25, -0.2) is 0 Å². The van der Waals surface area contributed by atoms with Crippen molar-refractivity contribution in [3.8, 4) is 0 Å². The van der Waals surface area contributed by atoms with Gasteiger partial charge in [0.15, 0.2) is 0 Å². The summed E-state index contributed by atoms with van der Waals surface area (Å²) in [6.45, 7) is 3.11. The predicted octanol–water partition coefficient (Wildman–Crippen LogP) is 6.63. The molecule has 0 aliphatic carbocycles. The van der Waals surface area contributed by atoms with E-state index >= 15 is 0 Å². The summed E-state index contributed by atoms with van der Waals surface area (Å²) in [6, 6.07) is 0. The van der Waals surface area contributed by atoms with Crippen molar-refractivity contribution in [3.63, 3.8) is 0 Å². The van der Waals surface area contributed by atoms with Crippen LogP contribution in [-0.4, -0.2) is 59.8 Å². The Morgan fingerprint density at radius 1 is 0.379 bits per heavy atom. The molecule has 0 spiro atoms. The molecule has 0 saturated heterocycles. The normalized spacial score (nSPS) is 12.0. The Hall–Kier alpha value is 0.310. The average Bonchev–Trinajstić information content (AvgIpc) is 2.74. The van der Waals surface area contributed by atoms with Gasteiger partial charge in [0.2, 0.25) is 0 Å². The number of aliphatic hydroxyl groups excluding tert-OH is 3. The van der Waals surface area contributed by atoms with Crippen LogP contribution in [0, 0.1) is 0 Å². The van der Waals surface area contributed by atoms with Crippen LogP contribution >= 0.6 is 7.26 Å². The molecule has 3 nitrogen and oxygen atoms in total. The van der Waals surface area contributed by atoms with Gasteiger partial charge >= 0.3 is 0 Å². The monoisotopic (exact) mass is 433 g/mol. The third-order valence-electron chi connectivity index (χ3n) is 6.36. The molecule has 0 saturated carbocycles. The summed E-state index contributed by atoms with van der Waals surface area (Å²) in [6.07, 6.45) is 26.9. The molecule has 176 valence electrons. The lowest BCUT2D eigenvalue weighted by Crippen LogP contribution is -2.15. The second kappa shape index (κ2) is 23.0. The fourth-order valence-electron chi connectivity index (χ4n) is 4.53. The maximum absolute atomic E-state index is 9.29. The van der Waals surface area contributed by atoms with Gasteiger partial charge < -0.3 is 15.3 Å². The van der Waals surface area contributed by atoms with Gasteiger partial charge in [0.1, 0.15) is 0 Å². The van der Waals surface area contributed by atoms with Gasteiger partial charge in [-0.15, -0.1) is 0 Å². The van der Waals surface area contributed by atoms with Crippen molar-refractivity contribution in [2.75, 3.05) is 44.5 Å². The summed E-state index contributed by atoms with van der Waals surface area (Å²) in [5.74, 6) is 0. The molecule has 29 heavy (non-hydrogen) atoms. The van der Waals surface area contributed by atoms with Crippen molar-refractivity contribution < 1.29 is 15.3 Å². The summed E-state index contributed by atoms with van der Waals surface area (Å²) < 4.78 is 0. The third-order valence-corrected chi connectivity index (χ3v) is 11.4. The molecule has 0 aromatic rings. The second-order valence-corrected chi connectivity index (χ2v) is 13.5. The number of hydrogen-bond acceptors (Lipinski definition) is 3. The van der Waals surface area contributed by atoms with Crippen molar-refractivity contribution in [1.29, 1.82) is 0 Å². The first-order valence-corrected chi connectivity index (χ1v) is 15.5. The molecule has 0 rings (SSSR count). The van der Waals surface area contributed by atoms with Crippen molar-refractivity contribution in [2.45, 2.75) is 116 Å². The summed E-state index contributed by atoms with van der Waals surface area (Å²) in [5.41, 5.74) is 0. The van der Waals surface area contributed by atoms with E-state index in [2.05, 4.69) is 6.92 Å². The van der Waals surface area contributed by atoms with Crippen molar-refractivity contribution in [3.05, 3.63) is 0 Å². The summed E-state index contributed by atoms with van der Waals surface area (Å²) in [4.78, 5) is 0. The molecule has 0 heterocycles. The Morgan fingerprint density at radius 3 is 0.966 bits per heavy atom. The first-order valence-electron chi connectivity index (χ1n) is 12.9. The van der Waals surface area contributed by atoms with E-state index in [0.29, 0.717) is 0 Å². The molecule has 0 aromatic carbocycles. The van der Waals surface area contributed by atoms with Crippen molar-refractivity contribution >= 4 is 7.26 Å². The fraction of sp³-hybridized carbons (Fsp3) is 1.00. The lowest BCUT2D eigenvalue weighted by Gasteiger charge is -2.27. The van der Waals surface area contributed by atoms with Gasteiger partial charge in [-0.05, 0) is 12.8 Å². The summed E-state index contributed by atoms with van der Waals surface area (Å²) in [7, 11) is -1.11. The lowest BCUT2D eigenvalue weighted by atomic mass is 10.0. The van der Waals surface area contributed by atoms with E-state index in [1.165, 1.54) is 96.1 Å². The summed E-state index contributed by atoms with van der Waals surface area (Å²) >= 11 is 0. The number of unbranched alkanes of at least 4 members (excludes halogenated alkanes) is 13. The van der Waals surface area contributed by atoms with E-state index in [1.807, 2.05) is 0 Å². The van der Waals surface area contributed by atoms with Crippen molar-refractivity contribution in [2.24, 2.45) is 0 Å². The zero-order valence-corrected chi connectivity index (χ0v) is 20.7. The van der Waals surface area contributed by atoms with E-state index in [1.54, 1.807) is 0 Å². The minimum Gasteiger partial charge on any atom is -0.396 e. The SMILES string of the molecule is CCCCCCCCCCCCCCCC[P+](CCCO)(CCCO)CCCO. The molecule has 3 N–H and O–H groups in total. The second-order valence-electron chi connectivity index (χ2n) is 9.06. The van der Waals surface area contributed by atoms with Crippen LogP contribution in [-0.2, 0) is 0 Å². The molecule has 0 atom stereocenters. The highest BCUT2D eigenvalue weighted by Gasteiger charge is 2.34. The van der Waals surface area contributed by atoms with Crippen molar-refractivity contribution in [1.82, 2.24) is 0 Å². The molecule has 0 aliphatic heterocycles. The van der Waals surface area contributed by atoms with Crippen LogP contribution in [0.25, 0.3) is 0 Å². The number of aliphatic hydroxyl groups is 3. The summed E-state index contributed by atoms with van der Waals surface area (Å²) in [5, 5.41) is 27.9. The van der Waals surface area contributed by atoms with Crippen LogP contribution in [0.15, 0.2) is 0 Å². The smallest absolute Gasteiger partial charge is 0.0616 e. The molecule has 0 unspecified atom stereocenters. The number of rotatable bonds is 24. The van der Waals surface area contributed by atoms with Crippen LogP contribution in [0.2, 0.25) is 0 Å². The van der Waals surface area contributed by atoms with Gasteiger partial charge in [0.25, 0.3) is 0 Å². The van der Waals surface area contributed by atoms with Crippen LogP contribution in [0.3, 0.4) is 0 Å². The van der Waals surface area contributed by atoms with E-state index in [9.17, 15) is 15.3 Å². The minimum absolute atomic E-state index is 0.277. The molecule has 0 bridgehead atoms. The average molecular weight is 434 g/mol. The molecule has 0 aliphatic rings. The number of hydrogen-bond donors (Lipinski definition) is 3. The Balaban J connectivity index is 3.79. The minimum atomic E-state index is -1.11. The zero-order valence-electron chi connectivity index (χ0n) is 19.8. The van der Waals surface area contributed by atoms with Crippen LogP contribution in [0.5, 0.6) is 0 Å². The Bertz CT molecular complexity index is 291. The fourth-order valence-corrected chi connectivity index (χ4v) is 9.20. The highest BCUT2D eigenvalue weighted by Crippen LogP contribution is 2.60. The molecule has 0 fully saturated rings. The maximum Gasteiger partial charge on any atom is 0.0616 e. The quantitative estimate of drug-likeness (QED) is 0.118. The molecule has 4 heteroatoms. The van der Waals surface area contributed by atoms with E-state index in [0.717, 1.165) is 37.7 Å². The highest BCUT2D eigenvalue weighted by molar-refractivity contribution is 7.75. The first-order chi connectivity index (χ1) is 14.2. The molecule has 0 aromatic heterocycles. The largest absolute Gasteiger partial charge is 0.396 e. The van der Waals surface area contributed by atoms with Crippen LogP contribution in [0.1, 0.15) is 116 Å². The Morgan fingerprint density at radius 2 is 0.655 bits per heavy atom. The molecule has 0 radical (unpaired) electrons. The van der Waals surface area contributed by atoms with Gasteiger partial charge in [0, 0.05) is 46.3 Å². The lowest BCUT2D eigenvalue weighted by molar-refractivity contribution is 0.292. The van der Waals surface area contributed by atoms with Crippen LogP contribution in [0.4, 0.5) is 0 Å². The standard InChI is InChI=1S/C25H54O3P/c1-2-3-4-5-6-7-8-9-10-11-12-13-14-15-22-29(23-16-19-26,24-17-20-27)25-18-21-28/h26-28H,2-25H2,1H3/q+1. The topological polar surface area (TPSA) is 60.7 Å². The Labute approximate surface area is 183 Å². The molecular formula is C25H54O3P+. The molecular weight excluding hydrogens is 379 g/mol. The van der Waals surface area contributed by atoms with E-state index < -0.39 is 7.26 Å². The van der Waals surface area contributed by atoms with E-state index in [4.69, 9.17) is 0 Å². The van der Waals surface area contributed by atoms with Gasteiger partial charge in [-0.3, -0.25) is 0 Å². The third kappa shape index (κ3) is 18.8. The first kappa shape index (κ1) is 29.3.